The van der Waals surface area contributed by atoms with E-state index in [9.17, 15) is 4.39 Å². The first-order valence-corrected chi connectivity index (χ1v) is 6.99. The van der Waals surface area contributed by atoms with Gasteiger partial charge in [0.1, 0.15) is 11.6 Å². The Bertz CT molecular complexity index is 691. The molecule has 0 atom stereocenters. The maximum absolute atomic E-state index is 13.7. The molecule has 19 heavy (non-hydrogen) atoms. The highest BCUT2D eigenvalue weighted by atomic mass is 35.5. The second-order valence-electron chi connectivity index (χ2n) is 4.09. The number of imidazole rings is 1. The first-order valence-electron chi connectivity index (χ1n) is 5.73. The normalized spacial score (nSPS) is 10.8. The van der Waals surface area contributed by atoms with Crippen molar-refractivity contribution in [2.45, 2.75) is 6.54 Å². The molecule has 0 N–H and O–H groups in total. The van der Waals surface area contributed by atoms with Gasteiger partial charge in [-0.2, -0.15) is 0 Å². The van der Waals surface area contributed by atoms with Crippen molar-refractivity contribution in [3.05, 3.63) is 64.5 Å². The summed E-state index contributed by atoms with van der Waals surface area (Å²) in [5, 5.41) is 2.53. The molecule has 0 bridgehead atoms. The molecule has 1 aromatic carbocycles. The molecule has 0 aliphatic heterocycles. The van der Waals surface area contributed by atoms with E-state index in [1.54, 1.807) is 29.7 Å². The van der Waals surface area contributed by atoms with Crippen molar-refractivity contribution >= 4 is 22.9 Å². The molecule has 3 rings (SSSR count). The van der Waals surface area contributed by atoms with E-state index in [1.807, 2.05) is 28.3 Å². The van der Waals surface area contributed by atoms with Gasteiger partial charge in [-0.05, 0) is 29.6 Å². The molecule has 0 spiro atoms. The van der Waals surface area contributed by atoms with Crippen molar-refractivity contribution in [3.8, 4) is 10.7 Å². The smallest absolute Gasteiger partial charge is 0.150 e. The van der Waals surface area contributed by atoms with Crippen LogP contribution in [0.3, 0.4) is 0 Å². The van der Waals surface area contributed by atoms with Gasteiger partial charge in [0, 0.05) is 23.0 Å². The largest absolute Gasteiger partial charge is 0.326 e. The van der Waals surface area contributed by atoms with Crippen molar-refractivity contribution in [2.24, 2.45) is 0 Å². The van der Waals surface area contributed by atoms with Gasteiger partial charge >= 0.3 is 0 Å². The quantitative estimate of drug-likeness (QED) is 0.697. The summed E-state index contributed by atoms with van der Waals surface area (Å²) >= 11 is 7.52. The number of benzene rings is 1. The van der Waals surface area contributed by atoms with Gasteiger partial charge in [-0.3, -0.25) is 0 Å². The van der Waals surface area contributed by atoms with E-state index >= 15 is 0 Å². The van der Waals surface area contributed by atoms with Gasteiger partial charge < -0.3 is 4.57 Å². The second-order valence-corrected chi connectivity index (χ2v) is 5.48. The highest BCUT2D eigenvalue weighted by molar-refractivity contribution is 7.13. The maximum Gasteiger partial charge on any atom is 0.150 e. The fourth-order valence-electron chi connectivity index (χ4n) is 1.92. The average molecular weight is 293 g/mol. The van der Waals surface area contributed by atoms with Gasteiger partial charge in [0.15, 0.2) is 0 Å². The Hall–Kier alpha value is -1.65. The Kier molecular flexibility index (Phi) is 3.36. The van der Waals surface area contributed by atoms with Gasteiger partial charge in [0.2, 0.25) is 0 Å². The molecular weight excluding hydrogens is 283 g/mol. The molecule has 0 aliphatic rings. The first kappa shape index (κ1) is 12.4. The molecule has 2 aromatic heterocycles. The molecule has 0 fully saturated rings. The second kappa shape index (κ2) is 5.15. The summed E-state index contributed by atoms with van der Waals surface area (Å²) in [6.07, 6.45) is 3.56. The molecule has 3 aromatic rings. The molecule has 0 amide bonds. The number of halogens is 2. The molecule has 96 valence electrons. The first-order chi connectivity index (χ1) is 9.24. The van der Waals surface area contributed by atoms with Gasteiger partial charge in [0.25, 0.3) is 0 Å². The number of nitrogens with zero attached hydrogens (tertiary/aromatic N) is 2. The van der Waals surface area contributed by atoms with Crippen molar-refractivity contribution in [2.75, 3.05) is 0 Å². The average Bonchev–Trinajstić information content (AvgIpc) is 3.03. The van der Waals surface area contributed by atoms with Crippen LogP contribution in [0.2, 0.25) is 5.02 Å². The van der Waals surface area contributed by atoms with Crippen molar-refractivity contribution in [1.29, 1.82) is 0 Å². The lowest BCUT2D eigenvalue weighted by molar-refractivity contribution is 0.600. The van der Waals surface area contributed by atoms with Crippen LogP contribution >= 0.6 is 22.9 Å². The fourth-order valence-corrected chi connectivity index (χ4v) is 2.85. The lowest BCUT2D eigenvalue weighted by Gasteiger charge is -2.08. The molecule has 2 heterocycles. The lowest BCUT2D eigenvalue weighted by atomic mass is 10.2. The fraction of sp³-hybridized carbons (Fsp3) is 0.0714. The monoisotopic (exact) mass is 292 g/mol. The van der Waals surface area contributed by atoms with Crippen LogP contribution in [-0.2, 0) is 6.54 Å². The third kappa shape index (κ3) is 2.55. The summed E-state index contributed by atoms with van der Waals surface area (Å²) in [5.41, 5.74) is 0.559. The Morgan fingerprint density at radius 2 is 2.21 bits per heavy atom. The number of aromatic nitrogens is 2. The summed E-state index contributed by atoms with van der Waals surface area (Å²) in [4.78, 5) is 5.39. The van der Waals surface area contributed by atoms with E-state index in [2.05, 4.69) is 4.98 Å². The summed E-state index contributed by atoms with van der Waals surface area (Å²) in [6.45, 7) is 0.416. The van der Waals surface area contributed by atoms with E-state index < -0.39 is 0 Å². The Morgan fingerprint density at radius 3 is 3.00 bits per heavy atom. The van der Waals surface area contributed by atoms with Crippen LogP contribution in [0, 0.1) is 5.82 Å². The van der Waals surface area contributed by atoms with E-state index in [1.165, 1.54) is 6.07 Å². The van der Waals surface area contributed by atoms with Gasteiger partial charge in [0.05, 0.1) is 11.4 Å². The van der Waals surface area contributed by atoms with Crippen LogP contribution in [0.4, 0.5) is 4.39 Å². The lowest BCUT2D eigenvalue weighted by Crippen LogP contribution is -2.02. The van der Waals surface area contributed by atoms with Gasteiger partial charge in [-0.1, -0.05) is 17.7 Å². The zero-order valence-electron chi connectivity index (χ0n) is 9.88. The predicted octanol–water partition coefficient (Wildman–Crippen LogP) is 4.45. The number of rotatable bonds is 3. The van der Waals surface area contributed by atoms with Crippen LogP contribution in [0.25, 0.3) is 10.7 Å². The summed E-state index contributed by atoms with van der Waals surface area (Å²) in [5.74, 6) is 0.588. The molecule has 0 saturated heterocycles. The molecule has 0 radical (unpaired) electrons. The van der Waals surface area contributed by atoms with Crippen molar-refractivity contribution in [1.82, 2.24) is 9.55 Å². The van der Waals surface area contributed by atoms with E-state index in [-0.39, 0.29) is 5.82 Å². The van der Waals surface area contributed by atoms with Crippen LogP contribution in [0.15, 0.2) is 48.1 Å². The molecule has 0 aliphatic carbocycles. The minimum atomic E-state index is -0.254. The summed E-state index contributed by atoms with van der Waals surface area (Å²) in [7, 11) is 0. The van der Waals surface area contributed by atoms with Gasteiger partial charge in [-0.15, -0.1) is 11.3 Å². The molecule has 2 nitrogen and oxygen atoms in total. The Balaban J connectivity index is 1.96. The van der Waals surface area contributed by atoms with Crippen LogP contribution in [0.1, 0.15) is 5.56 Å². The van der Waals surface area contributed by atoms with E-state index in [0.29, 0.717) is 17.1 Å². The zero-order valence-corrected chi connectivity index (χ0v) is 11.5. The van der Waals surface area contributed by atoms with Crippen molar-refractivity contribution < 1.29 is 4.39 Å². The van der Waals surface area contributed by atoms with Crippen LogP contribution < -0.4 is 0 Å². The summed E-state index contributed by atoms with van der Waals surface area (Å²) in [6, 6.07) is 8.56. The predicted molar refractivity (Wildman–Crippen MR) is 76.1 cm³/mol. The SMILES string of the molecule is Fc1ccc(Cl)cc1Cn1ccnc1-c1cccs1. The number of hydrogen-bond acceptors (Lipinski definition) is 2. The van der Waals surface area contributed by atoms with E-state index in [4.69, 9.17) is 11.6 Å². The Labute approximate surface area is 119 Å². The minimum Gasteiger partial charge on any atom is -0.326 e. The molecule has 0 saturated carbocycles. The van der Waals surface area contributed by atoms with Crippen LogP contribution in [0.5, 0.6) is 0 Å². The van der Waals surface area contributed by atoms with Crippen LogP contribution in [-0.4, -0.2) is 9.55 Å². The maximum atomic E-state index is 13.7. The standard InChI is InChI=1S/C14H10ClFN2S/c15-11-3-4-12(16)10(8-11)9-18-6-5-17-14(18)13-2-1-7-19-13/h1-8H,9H2. The van der Waals surface area contributed by atoms with E-state index in [0.717, 1.165) is 10.7 Å². The summed E-state index contributed by atoms with van der Waals surface area (Å²) < 4.78 is 15.7. The zero-order chi connectivity index (χ0) is 13.2. The number of hydrogen-bond donors (Lipinski definition) is 0. The molecular formula is C14H10ClFN2S. The Morgan fingerprint density at radius 1 is 1.32 bits per heavy atom. The van der Waals surface area contributed by atoms with Gasteiger partial charge in [-0.25, -0.2) is 9.37 Å². The highest BCUT2D eigenvalue weighted by Crippen LogP contribution is 2.24. The third-order valence-corrected chi connectivity index (χ3v) is 3.91. The minimum absolute atomic E-state index is 0.254. The highest BCUT2D eigenvalue weighted by Gasteiger charge is 2.10. The van der Waals surface area contributed by atoms with Crippen molar-refractivity contribution in [3.63, 3.8) is 0 Å². The topological polar surface area (TPSA) is 17.8 Å². The molecule has 5 heteroatoms. The third-order valence-electron chi connectivity index (χ3n) is 2.81. The number of thiophene rings is 1. The molecule has 0 unspecified atom stereocenters.